The Balaban J connectivity index is 0.00000338. The van der Waals surface area contributed by atoms with E-state index in [9.17, 15) is 8.42 Å². The van der Waals surface area contributed by atoms with Gasteiger partial charge in [-0.2, -0.15) is 0 Å². The Morgan fingerprint density at radius 1 is 1.31 bits per heavy atom. The smallest absolute Gasteiger partial charge is 0.252 e. The molecule has 0 saturated heterocycles. The minimum absolute atomic E-state index is 0. The second kappa shape index (κ2) is 10.5. The van der Waals surface area contributed by atoms with E-state index < -0.39 is 10.0 Å². The second-order valence-electron chi connectivity index (χ2n) is 5.47. The summed E-state index contributed by atoms with van der Waals surface area (Å²) in [6.07, 6.45) is 0.829. The molecule has 26 heavy (non-hydrogen) atoms. The first kappa shape index (κ1) is 23.3. The van der Waals surface area contributed by atoms with Crippen LogP contribution in [0, 0.1) is 6.92 Å². The summed E-state index contributed by atoms with van der Waals surface area (Å²) in [5, 5.41) is 9.56. The zero-order chi connectivity index (χ0) is 18.4. The van der Waals surface area contributed by atoms with Crippen LogP contribution < -0.4 is 10.6 Å². The van der Waals surface area contributed by atoms with Crippen molar-refractivity contribution in [2.45, 2.75) is 24.1 Å². The van der Waals surface area contributed by atoms with E-state index >= 15 is 0 Å². The Morgan fingerprint density at radius 3 is 2.62 bits per heavy atom. The lowest BCUT2D eigenvalue weighted by Crippen LogP contribution is -2.37. The lowest BCUT2D eigenvalue weighted by Gasteiger charge is -2.11. The fraction of sp³-hybridized carbons (Fsp3) is 0.467. The first-order chi connectivity index (χ1) is 11.8. The fourth-order valence-corrected chi connectivity index (χ4v) is 5.11. The Labute approximate surface area is 180 Å². The highest BCUT2D eigenvalue weighted by molar-refractivity contribution is 14.0. The lowest BCUT2D eigenvalue weighted by atomic mass is 10.3. The van der Waals surface area contributed by atoms with E-state index in [1.54, 1.807) is 24.5 Å². The van der Waals surface area contributed by atoms with Crippen LogP contribution in [0.5, 0.6) is 0 Å². The van der Waals surface area contributed by atoms with Gasteiger partial charge >= 0.3 is 0 Å². The van der Waals surface area contributed by atoms with Crippen molar-refractivity contribution in [3.63, 3.8) is 0 Å². The van der Waals surface area contributed by atoms with Gasteiger partial charge in [-0.25, -0.2) is 17.7 Å². The van der Waals surface area contributed by atoms with Crippen molar-refractivity contribution in [1.82, 2.24) is 19.9 Å². The second-order valence-corrected chi connectivity index (χ2v) is 10.1. The molecule has 0 bridgehead atoms. The summed E-state index contributed by atoms with van der Waals surface area (Å²) in [6, 6.07) is 3.46. The SMILES string of the molecule is CN=C(NCCc1csc(C)n1)NCc1ccc(S(=O)(=O)N(C)C)s1.I. The largest absolute Gasteiger partial charge is 0.356 e. The van der Waals surface area contributed by atoms with Crippen LogP contribution in [-0.4, -0.2) is 51.4 Å². The highest BCUT2D eigenvalue weighted by atomic mass is 127. The summed E-state index contributed by atoms with van der Waals surface area (Å²) < 4.78 is 25.7. The van der Waals surface area contributed by atoms with Gasteiger partial charge in [0.1, 0.15) is 4.21 Å². The molecule has 0 atom stereocenters. The van der Waals surface area contributed by atoms with Crippen molar-refractivity contribution in [2.24, 2.45) is 4.99 Å². The maximum atomic E-state index is 12.1. The number of sulfonamides is 1. The van der Waals surface area contributed by atoms with Crippen LogP contribution in [0.1, 0.15) is 15.6 Å². The number of hydrogen-bond acceptors (Lipinski definition) is 6. The Bertz CT molecular complexity index is 830. The number of thiazole rings is 1. The quantitative estimate of drug-likeness (QED) is 0.327. The Kier molecular flexibility index (Phi) is 9.44. The van der Waals surface area contributed by atoms with Crippen molar-refractivity contribution in [2.75, 3.05) is 27.7 Å². The number of thiophene rings is 1. The number of aryl methyl sites for hydroxylation is 1. The third-order valence-corrected chi connectivity index (χ3v) is 7.56. The van der Waals surface area contributed by atoms with E-state index in [4.69, 9.17) is 0 Å². The number of nitrogens with one attached hydrogen (secondary N) is 2. The summed E-state index contributed by atoms with van der Waals surface area (Å²) in [5.41, 5.74) is 1.07. The van der Waals surface area contributed by atoms with E-state index in [1.807, 2.05) is 13.0 Å². The average Bonchev–Trinajstić information content (AvgIpc) is 3.20. The van der Waals surface area contributed by atoms with Gasteiger partial charge in [-0.1, -0.05) is 0 Å². The molecule has 0 aliphatic rings. The van der Waals surface area contributed by atoms with Gasteiger partial charge < -0.3 is 10.6 Å². The summed E-state index contributed by atoms with van der Waals surface area (Å²) >= 11 is 2.91. The molecule has 0 amide bonds. The number of guanidine groups is 1. The molecule has 2 N–H and O–H groups in total. The zero-order valence-electron chi connectivity index (χ0n) is 15.1. The summed E-state index contributed by atoms with van der Waals surface area (Å²) in [6.45, 7) is 3.24. The standard InChI is InChI=1S/C15H23N5O2S3.HI/c1-11-19-12(10-23-11)7-8-17-15(16-2)18-9-13-5-6-14(24-13)25(21,22)20(3)4;/h5-6,10H,7-9H2,1-4H3,(H2,16,17,18);1H. The highest BCUT2D eigenvalue weighted by Gasteiger charge is 2.19. The molecule has 0 saturated carbocycles. The van der Waals surface area contributed by atoms with Crippen LogP contribution in [-0.2, 0) is 23.0 Å². The molecule has 11 heteroatoms. The molecule has 2 rings (SSSR count). The first-order valence-electron chi connectivity index (χ1n) is 7.69. The van der Waals surface area contributed by atoms with Gasteiger partial charge in [0.2, 0.25) is 0 Å². The van der Waals surface area contributed by atoms with Gasteiger partial charge in [-0.05, 0) is 19.1 Å². The molecule has 2 aromatic rings. The zero-order valence-corrected chi connectivity index (χ0v) is 19.9. The molecule has 0 aromatic carbocycles. The molecule has 0 spiro atoms. The summed E-state index contributed by atoms with van der Waals surface area (Å²) in [4.78, 5) is 9.53. The van der Waals surface area contributed by atoms with Crippen LogP contribution in [0.3, 0.4) is 0 Å². The summed E-state index contributed by atoms with van der Waals surface area (Å²) in [7, 11) is 1.40. The number of halogens is 1. The minimum atomic E-state index is -3.37. The van der Waals surface area contributed by atoms with Crippen molar-refractivity contribution in [1.29, 1.82) is 0 Å². The molecule has 7 nitrogen and oxygen atoms in total. The third-order valence-electron chi connectivity index (χ3n) is 3.37. The van der Waals surface area contributed by atoms with Crippen molar-refractivity contribution in [3.05, 3.63) is 33.1 Å². The Morgan fingerprint density at radius 2 is 2.04 bits per heavy atom. The van der Waals surface area contributed by atoms with Crippen LogP contribution in [0.15, 0.2) is 26.7 Å². The predicted octanol–water partition coefficient (Wildman–Crippen LogP) is 2.29. The molecule has 0 unspecified atom stereocenters. The molecular weight excluding hydrogens is 505 g/mol. The van der Waals surface area contributed by atoms with E-state index in [0.29, 0.717) is 16.7 Å². The summed E-state index contributed by atoms with van der Waals surface area (Å²) in [5.74, 6) is 0.678. The number of aliphatic imine (C=N–C) groups is 1. The minimum Gasteiger partial charge on any atom is -0.356 e. The fourth-order valence-electron chi connectivity index (χ4n) is 2.00. The van der Waals surface area contributed by atoms with E-state index in [2.05, 4.69) is 26.0 Å². The predicted molar refractivity (Wildman–Crippen MR) is 119 cm³/mol. The van der Waals surface area contributed by atoms with Gasteiger partial charge in [0.15, 0.2) is 5.96 Å². The Hall–Kier alpha value is -0.760. The third kappa shape index (κ3) is 6.44. The van der Waals surface area contributed by atoms with E-state index in [0.717, 1.165) is 28.5 Å². The first-order valence-corrected chi connectivity index (χ1v) is 10.8. The van der Waals surface area contributed by atoms with Crippen molar-refractivity contribution < 1.29 is 8.42 Å². The van der Waals surface area contributed by atoms with Crippen molar-refractivity contribution in [3.8, 4) is 0 Å². The normalized spacial score (nSPS) is 12.1. The van der Waals surface area contributed by atoms with Gasteiger partial charge in [-0.15, -0.1) is 46.7 Å². The number of aromatic nitrogens is 1. The molecule has 0 radical (unpaired) electrons. The van der Waals surface area contributed by atoms with E-state index in [-0.39, 0.29) is 24.0 Å². The molecule has 0 fully saturated rings. The lowest BCUT2D eigenvalue weighted by molar-refractivity contribution is 0.523. The van der Waals surface area contributed by atoms with E-state index in [1.165, 1.54) is 29.7 Å². The van der Waals surface area contributed by atoms with Gasteiger partial charge in [0, 0.05) is 44.4 Å². The molecule has 146 valence electrons. The maximum Gasteiger partial charge on any atom is 0.252 e. The number of hydrogen-bond donors (Lipinski definition) is 2. The topological polar surface area (TPSA) is 86.7 Å². The van der Waals surface area contributed by atoms with Crippen molar-refractivity contribution >= 4 is 62.6 Å². The van der Waals surface area contributed by atoms with Crippen LogP contribution in [0.25, 0.3) is 0 Å². The number of rotatable bonds is 7. The molecule has 0 aliphatic carbocycles. The van der Waals surface area contributed by atoms with Crippen LogP contribution in [0.2, 0.25) is 0 Å². The highest BCUT2D eigenvalue weighted by Crippen LogP contribution is 2.23. The van der Waals surface area contributed by atoms with Gasteiger partial charge in [0.25, 0.3) is 10.0 Å². The molecule has 2 heterocycles. The van der Waals surface area contributed by atoms with Gasteiger partial charge in [-0.3, -0.25) is 4.99 Å². The molecule has 0 aliphatic heterocycles. The number of nitrogens with zero attached hydrogens (tertiary/aromatic N) is 3. The average molecular weight is 529 g/mol. The van der Waals surface area contributed by atoms with Crippen LogP contribution in [0.4, 0.5) is 0 Å². The monoisotopic (exact) mass is 529 g/mol. The van der Waals surface area contributed by atoms with Gasteiger partial charge in [0.05, 0.1) is 17.2 Å². The molecule has 2 aromatic heterocycles. The van der Waals surface area contributed by atoms with Crippen LogP contribution >= 0.6 is 46.7 Å². The molecular formula is C15H24IN5O2S3. The maximum absolute atomic E-state index is 12.1.